The SMILES string of the molecule is C#CC(CCC)NC(=O)N1CCCCC1C(=O)O. The molecule has 5 heteroatoms. The topological polar surface area (TPSA) is 69.6 Å². The third-order valence-electron chi connectivity index (χ3n) is 3.12. The number of piperidine rings is 1. The van der Waals surface area contributed by atoms with Gasteiger partial charge in [0.25, 0.3) is 0 Å². The number of hydrogen-bond donors (Lipinski definition) is 2. The summed E-state index contributed by atoms with van der Waals surface area (Å²) >= 11 is 0. The summed E-state index contributed by atoms with van der Waals surface area (Å²) in [4.78, 5) is 24.5. The molecule has 0 saturated carbocycles. The zero-order valence-electron chi connectivity index (χ0n) is 10.7. The van der Waals surface area contributed by atoms with Gasteiger partial charge in [-0.25, -0.2) is 9.59 Å². The summed E-state index contributed by atoms with van der Waals surface area (Å²) in [6.07, 6.45) is 9.10. The normalized spacial score (nSPS) is 20.9. The standard InChI is InChI=1S/C13H20N2O3/c1-3-7-10(4-2)14-13(18)15-9-6-5-8-11(15)12(16)17/h2,10-11H,3,5-9H2,1H3,(H,14,18)(H,16,17). The van der Waals surface area contributed by atoms with Crippen molar-refractivity contribution in [1.82, 2.24) is 10.2 Å². The van der Waals surface area contributed by atoms with Crippen molar-refractivity contribution in [3.8, 4) is 12.3 Å². The van der Waals surface area contributed by atoms with Crippen molar-refractivity contribution in [2.24, 2.45) is 0 Å². The molecule has 0 aromatic rings. The lowest BCUT2D eigenvalue weighted by Crippen LogP contribution is -2.53. The number of hydrogen-bond acceptors (Lipinski definition) is 2. The fraction of sp³-hybridized carbons (Fsp3) is 0.692. The number of aliphatic carboxylic acids is 1. The summed E-state index contributed by atoms with van der Waals surface area (Å²) < 4.78 is 0. The van der Waals surface area contributed by atoms with Crippen LogP contribution in [-0.4, -0.2) is 40.6 Å². The van der Waals surface area contributed by atoms with E-state index in [4.69, 9.17) is 11.5 Å². The zero-order valence-corrected chi connectivity index (χ0v) is 10.7. The van der Waals surface area contributed by atoms with Gasteiger partial charge in [0.2, 0.25) is 0 Å². The number of amides is 2. The molecule has 0 spiro atoms. The first-order valence-electron chi connectivity index (χ1n) is 6.36. The molecule has 0 aromatic carbocycles. The number of rotatable bonds is 4. The Morgan fingerprint density at radius 1 is 1.56 bits per heavy atom. The second kappa shape index (κ2) is 6.90. The Hall–Kier alpha value is -1.70. The molecule has 5 nitrogen and oxygen atoms in total. The van der Waals surface area contributed by atoms with Gasteiger partial charge in [0.05, 0.1) is 6.04 Å². The first-order valence-corrected chi connectivity index (χ1v) is 6.36. The van der Waals surface area contributed by atoms with Crippen LogP contribution >= 0.6 is 0 Å². The number of carbonyl (C=O) groups is 2. The van der Waals surface area contributed by atoms with Gasteiger partial charge in [0, 0.05) is 6.54 Å². The Morgan fingerprint density at radius 2 is 2.28 bits per heavy atom. The fourth-order valence-corrected chi connectivity index (χ4v) is 2.15. The smallest absolute Gasteiger partial charge is 0.326 e. The van der Waals surface area contributed by atoms with Gasteiger partial charge in [0.1, 0.15) is 6.04 Å². The minimum Gasteiger partial charge on any atom is -0.480 e. The summed E-state index contributed by atoms with van der Waals surface area (Å²) in [5, 5.41) is 11.8. The fourth-order valence-electron chi connectivity index (χ4n) is 2.15. The lowest BCUT2D eigenvalue weighted by Gasteiger charge is -2.33. The molecule has 1 fully saturated rings. The van der Waals surface area contributed by atoms with Crippen molar-refractivity contribution in [1.29, 1.82) is 0 Å². The highest BCUT2D eigenvalue weighted by atomic mass is 16.4. The van der Waals surface area contributed by atoms with Crippen LogP contribution in [0.3, 0.4) is 0 Å². The first-order chi connectivity index (χ1) is 8.60. The molecule has 1 saturated heterocycles. The summed E-state index contributed by atoms with van der Waals surface area (Å²) in [6.45, 7) is 2.46. The minimum atomic E-state index is -0.947. The van der Waals surface area contributed by atoms with Crippen molar-refractivity contribution >= 4 is 12.0 Å². The molecule has 2 amide bonds. The molecule has 1 aliphatic heterocycles. The van der Waals surface area contributed by atoms with Gasteiger partial charge in [-0.1, -0.05) is 19.3 Å². The summed E-state index contributed by atoms with van der Waals surface area (Å²) in [5.41, 5.74) is 0. The molecule has 0 aromatic heterocycles. The molecule has 100 valence electrons. The summed E-state index contributed by atoms with van der Waals surface area (Å²) in [6, 6.07) is -1.41. The van der Waals surface area contributed by atoms with E-state index < -0.39 is 12.0 Å². The first kappa shape index (κ1) is 14.4. The number of nitrogens with zero attached hydrogens (tertiary/aromatic N) is 1. The van der Waals surface area contributed by atoms with Gasteiger partial charge in [-0.3, -0.25) is 0 Å². The Morgan fingerprint density at radius 3 is 2.83 bits per heavy atom. The molecule has 0 aliphatic carbocycles. The second-order valence-corrected chi connectivity index (χ2v) is 4.50. The molecule has 1 aliphatic rings. The van der Waals surface area contributed by atoms with Gasteiger partial charge < -0.3 is 15.3 Å². The van der Waals surface area contributed by atoms with E-state index in [0.29, 0.717) is 19.4 Å². The van der Waals surface area contributed by atoms with Gasteiger partial charge in [0.15, 0.2) is 0 Å². The number of urea groups is 1. The van der Waals surface area contributed by atoms with Crippen LogP contribution in [0.2, 0.25) is 0 Å². The van der Waals surface area contributed by atoms with Crippen LogP contribution in [-0.2, 0) is 4.79 Å². The minimum absolute atomic E-state index is 0.320. The van der Waals surface area contributed by atoms with E-state index in [9.17, 15) is 9.59 Å². The van der Waals surface area contributed by atoms with E-state index in [2.05, 4.69) is 11.2 Å². The molecule has 18 heavy (non-hydrogen) atoms. The molecule has 1 rings (SSSR count). The highest BCUT2D eigenvalue weighted by Crippen LogP contribution is 2.17. The average molecular weight is 252 g/mol. The molecule has 2 unspecified atom stereocenters. The van der Waals surface area contributed by atoms with Crippen molar-refractivity contribution < 1.29 is 14.7 Å². The third kappa shape index (κ3) is 3.66. The van der Waals surface area contributed by atoms with E-state index >= 15 is 0 Å². The molecule has 2 N–H and O–H groups in total. The maximum atomic E-state index is 12.0. The van der Waals surface area contributed by atoms with Crippen molar-refractivity contribution in [3.05, 3.63) is 0 Å². The van der Waals surface area contributed by atoms with Gasteiger partial charge >= 0.3 is 12.0 Å². The maximum absolute atomic E-state index is 12.0. The zero-order chi connectivity index (χ0) is 13.5. The highest BCUT2D eigenvalue weighted by Gasteiger charge is 2.32. The third-order valence-corrected chi connectivity index (χ3v) is 3.12. The van der Waals surface area contributed by atoms with E-state index in [1.165, 1.54) is 4.90 Å². The predicted octanol–water partition coefficient (Wildman–Crippen LogP) is 1.44. The van der Waals surface area contributed by atoms with Gasteiger partial charge in [-0.05, 0) is 25.7 Å². The van der Waals surface area contributed by atoms with Crippen molar-refractivity contribution in [2.75, 3.05) is 6.54 Å². The number of nitrogens with one attached hydrogen (secondary N) is 1. The predicted molar refractivity (Wildman–Crippen MR) is 68.0 cm³/mol. The Kier molecular flexibility index (Phi) is 5.50. The Labute approximate surface area is 108 Å². The molecule has 0 bridgehead atoms. The van der Waals surface area contributed by atoms with Crippen LogP contribution in [0.25, 0.3) is 0 Å². The number of carboxylic acid groups (broad SMARTS) is 1. The van der Waals surface area contributed by atoms with Gasteiger partial charge in [-0.15, -0.1) is 6.42 Å². The number of terminal acetylenes is 1. The maximum Gasteiger partial charge on any atom is 0.326 e. The molecule has 0 radical (unpaired) electrons. The van der Waals surface area contributed by atoms with E-state index in [1.54, 1.807) is 0 Å². The lowest BCUT2D eigenvalue weighted by molar-refractivity contribution is -0.143. The Balaban J connectivity index is 2.63. The lowest BCUT2D eigenvalue weighted by atomic mass is 10.0. The Bertz CT molecular complexity index is 349. The van der Waals surface area contributed by atoms with Gasteiger partial charge in [-0.2, -0.15) is 0 Å². The van der Waals surface area contributed by atoms with Crippen LogP contribution < -0.4 is 5.32 Å². The van der Waals surface area contributed by atoms with E-state index in [-0.39, 0.29) is 12.1 Å². The van der Waals surface area contributed by atoms with Crippen LogP contribution in [0.4, 0.5) is 4.79 Å². The number of likely N-dealkylation sites (tertiary alicyclic amines) is 1. The summed E-state index contributed by atoms with van der Waals surface area (Å²) in [5.74, 6) is 1.56. The number of carboxylic acids is 1. The van der Waals surface area contributed by atoms with Crippen LogP contribution in [0.1, 0.15) is 39.0 Å². The largest absolute Gasteiger partial charge is 0.480 e. The monoisotopic (exact) mass is 252 g/mol. The average Bonchev–Trinajstić information content (AvgIpc) is 2.38. The van der Waals surface area contributed by atoms with Crippen molar-refractivity contribution in [3.63, 3.8) is 0 Å². The van der Waals surface area contributed by atoms with Crippen molar-refractivity contribution in [2.45, 2.75) is 51.1 Å². The highest BCUT2D eigenvalue weighted by molar-refractivity contribution is 5.83. The summed E-state index contributed by atoms with van der Waals surface area (Å²) in [7, 11) is 0. The van der Waals surface area contributed by atoms with E-state index in [0.717, 1.165) is 19.3 Å². The van der Waals surface area contributed by atoms with Crippen LogP contribution in [0, 0.1) is 12.3 Å². The molecule has 1 heterocycles. The van der Waals surface area contributed by atoms with E-state index in [1.807, 2.05) is 6.92 Å². The molecular formula is C13H20N2O3. The number of carbonyl (C=O) groups excluding carboxylic acids is 1. The quantitative estimate of drug-likeness (QED) is 0.744. The van der Waals surface area contributed by atoms with Crippen LogP contribution in [0.15, 0.2) is 0 Å². The van der Waals surface area contributed by atoms with Crippen LogP contribution in [0.5, 0.6) is 0 Å². The second-order valence-electron chi connectivity index (χ2n) is 4.50. The molecular weight excluding hydrogens is 232 g/mol. The molecule has 2 atom stereocenters.